The Bertz CT molecular complexity index is 681. The van der Waals surface area contributed by atoms with Gasteiger partial charge in [0.15, 0.2) is 0 Å². The van der Waals surface area contributed by atoms with Crippen molar-refractivity contribution in [1.82, 2.24) is 9.97 Å². The Morgan fingerprint density at radius 2 is 1.38 bits per heavy atom. The largest absolute Gasteiger partial charge is 0.393 e. The first-order chi connectivity index (χ1) is 10.4. The highest BCUT2D eigenvalue weighted by Crippen LogP contribution is 2.59. The summed E-state index contributed by atoms with van der Waals surface area (Å²) in [5.74, 6) is -28.4. The molecule has 138 valence electrons. The smallest absolute Gasteiger partial charge is 0.311 e. The van der Waals surface area contributed by atoms with Gasteiger partial charge in [-0.3, -0.25) is 4.79 Å². The van der Waals surface area contributed by atoms with Crippen molar-refractivity contribution in [2.45, 2.75) is 36.0 Å². The van der Waals surface area contributed by atoms with Gasteiger partial charge < -0.3 is 4.98 Å². The van der Waals surface area contributed by atoms with E-state index < -0.39 is 46.1 Å². The minimum absolute atomic E-state index is 0.367. The maximum absolute atomic E-state index is 13.6. The van der Waals surface area contributed by atoms with Crippen LogP contribution in [0.15, 0.2) is 10.9 Å². The number of halogens is 11. The molecular formula is C10H5ClF10N2O. The van der Waals surface area contributed by atoms with Crippen LogP contribution in [-0.2, 0) is 5.92 Å². The molecule has 0 radical (unpaired) electrons. The summed E-state index contributed by atoms with van der Waals surface area (Å²) in [7, 11) is 0. The van der Waals surface area contributed by atoms with Crippen LogP contribution < -0.4 is 5.56 Å². The van der Waals surface area contributed by atoms with E-state index in [0.29, 0.717) is 0 Å². The fourth-order valence-corrected chi connectivity index (χ4v) is 1.59. The topological polar surface area (TPSA) is 45.8 Å². The molecule has 1 rings (SSSR count). The van der Waals surface area contributed by atoms with E-state index in [1.165, 1.54) is 0 Å². The van der Waals surface area contributed by atoms with Crippen LogP contribution in [0.25, 0.3) is 0 Å². The van der Waals surface area contributed by atoms with Crippen molar-refractivity contribution in [3.8, 4) is 0 Å². The van der Waals surface area contributed by atoms with Gasteiger partial charge in [-0.15, -0.1) is 0 Å². The van der Waals surface area contributed by atoms with Crippen LogP contribution in [0.1, 0.15) is 11.5 Å². The van der Waals surface area contributed by atoms with Gasteiger partial charge in [-0.25, -0.2) is 4.98 Å². The van der Waals surface area contributed by atoms with Crippen molar-refractivity contribution in [3.63, 3.8) is 0 Å². The fraction of sp³-hybridized carbons (Fsp3) is 0.600. The van der Waals surface area contributed by atoms with Gasteiger partial charge in [0, 0.05) is 6.07 Å². The van der Waals surface area contributed by atoms with Crippen molar-refractivity contribution in [3.05, 3.63) is 27.9 Å². The van der Waals surface area contributed by atoms with Crippen LogP contribution in [0, 0.1) is 6.92 Å². The van der Waals surface area contributed by atoms with Crippen molar-refractivity contribution < 1.29 is 43.9 Å². The van der Waals surface area contributed by atoms with E-state index in [1.54, 1.807) is 4.98 Å². The standard InChI is InChI=1S/C10H5ClF10N2O/c1-3-22-4(2-5(24)23-3)6(12,13)7(14,15)8(16,17)9(18,19)10(11,20)21/h2H,1H3,(H,22,23,24). The summed E-state index contributed by atoms with van der Waals surface area (Å²) in [5, 5.41) is -6.27. The van der Waals surface area contributed by atoms with E-state index in [1.807, 2.05) is 0 Å². The lowest BCUT2D eigenvalue weighted by molar-refractivity contribution is -0.393. The van der Waals surface area contributed by atoms with Crippen LogP contribution in [0.4, 0.5) is 43.9 Å². The minimum Gasteiger partial charge on any atom is -0.311 e. The number of aryl methyl sites for hydroxylation is 1. The average molecular weight is 395 g/mol. The van der Waals surface area contributed by atoms with Gasteiger partial charge in [0.2, 0.25) is 0 Å². The molecule has 1 aromatic heterocycles. The Kier molecular flexibility index (Phi) is 4.70. The Labute approximate surface area is 130 Å². The molecule has 0 aliphatic heterocycles. The summed E-state index contributed by atoms with van der Waals surface area (Å²) in [6.45, 7) is 0.790. The van der Waals surface area contributed by atoms with Gasteiger partial charge in [0.25, 0.3) is 5.56 Å². The number of rotatable bonds is 5. The van der Waals surface area contributed by atoms with E-state index in [0.717, 1.165) is 6.92 Å². The number of nitrogens with zero attached hydrogens (tertiary/aromatic N) is 1. The highest BCUT2D eigenvalue weighted by atomic mass is 35.5. The molecule has 0 aliphatic rings. The summed E-state index contributed by atoms with van der Waals surface area (Å²) in [5.41, 5.74) is -3.81. The molecule has 0 fully saturated rings. The molecule has 1 aromatic rings. The Hall–Kier alpha value is -1.53. The lowest BCUT2D eigenvalue weighted by Crippen LogP contribution is -2.65. The number of aromatic nitrogens is 2. The predicted octanol–water partition coefficient (Wildman–Crippen LogP) is 3.91. The summed E-state index contributed by atoms with van der Waals surface area (Å²) in [4.78, 5) is 15.3. The van der Waals surface area contributed by atoms with Gasteiger partial charge in [-0.1, -0.05) is 0 Å². The fourth-order valence-electron chi connectivity index (χ4n) is 1.47. The van der Waals surface area contributed by atoms with Crippen LogP contribution in [0.5, 0.6) is 0 Å². The van der Waals surface area contributed by atoms with Gasteiger partial charge in [-0.05, 0) is 18.5 Å². The van der Waals surface area contributed by atoms with Gasteiger partial charge in [0.05, 0.1) is 0 Å². The van der Waals surface area contributed by atoms with Crippen LogP contribution in [-0.4, -0.2) is 33.1 Å². The van der Waals surface area contributed by atoms with E-state index in [2.05, 4.69) is 16.6 Å². The molecule has 0 saturated carbocycles. The molecule has 0 aliphatic carbocycles. The summed E-state index contributed by atoms with van der Waals surface area (Å²) < 4.78 is 131. The maximum atomic E-state index is 13.6. The summed E-state index contributed by atoms with van der Waals surface area (Å²) in [6, 6.07) is -0.367. The van der Waals surface area contributed by atoms with E-state index in [4.69, 9.17) is 0 Å². The highest BCUT2D eigenvalue weighted by molar-refractivity contribution is 6.22. The number of H-pyrrole nitrogens is 1. The zero-order valence-corrected chi connectivity index (χ0v) is 11.8. The number of nitrogens with one attached hydrogen (secondary N) is 1. The third-order valence-electron chi connectivity index (χ3n) is 2.72. The molecule has 0 bridgehead atoms. The Morgan fingerprint density at radius 1 is 0.917 bits per heavy atom. The Morgan fingerprint density at radius 3 is 1.75 bits per heavy atom. The average Bonchev–Trinajstić information content (AvgIpc) is 2.35. The van der Waals surface area contributed by atoms with Gasteiger partial charge in [0.1, 0.15) is 11.5 Å². The molecule has 0 unspecified atom stereocenters. The van der Waals surface area contributed by atoms with E-state index >= 15 is 0 Å². The first-order valence-corrected chi connectivity index (χ1v) is 5.94. The molecule has 0 spiro atoms. The number of alkyl halides is 11. The van der Waals surface area contributed by atoms with E-state index in [9.17, 15) is 48.7 Å². The normalized spacial score (nSPS) is 14.8. The van der Waals surface area contributed by atoms with Crippen molar-refractivity contribution in [1.29, 1.82) is 0 Å². The first-order valence-electron chi connectivity index (χ1n) is 5.56. The quantitative estimate of drug-likeness (QED) is 0.608. The molecule has 14 heteroatoms. The SMILES string of the molecule is Cc1nc(C(F)(F)C(F)(F)C(F)(F)C(F)(F)C(F)(F)Cl)cc(=O)[nH]1. The molecule has 3 nitrogen and oxygen atoms in total. The molecule has 1 heterocycles. The maximum Gasteiger partial charge on any atom is 0.393 e. The molecular weight excluding hydrogens is 390 g/mol. The van der Waals surface area contributed by atoms with Crippen LogP contribution in [0.2, 0.25) is 0 Å². The summed E-state index contributed by atoms with van der Waals surface area (Å²) in [6.07, 6.45) is 0. The lowest BCUT2D eigenvalue weighted by atomic mass is 9.96. The van der Waals surface area contributed by atoms with Gasteiger partial charge in [-0.2, -0.15) is 43.9 Å². The molecule has 0 atom stereocenters. The third-order valence-corrected chi connectivity index (χ3v) is 2.96. The van der Waals surface area contributed by atoms with Crippen molar-refractivity contribution >= 4 is 11.6 Å². The van der Waals surface area contributed by atoms with Crippen LogP contribution >= 0.6 is 11.6 Å². The zero-order valence-electron chi connectivity index (χ0n) is 11.1. The first kappa shape index (κ1) is 20.5. The van der Waals surface area contributed by atoms with Crippen molar-refractivity contribution in [2.75, 3.05) is 0 Å². The lowest BCUT2D eigenvalue weighted by Gasteiger charge is -2.37. The molecule has 1 N–H and O–H groups in total. The number of aromatic amines is 1. The summed E-state index contributed by atoms with van der Waals surface area (Å²) >= 11 is 3.65. The minimum atomic E-state index is -7.30. The third kappa shape index (κ3) is 2.82. The molecule has 0 aromatic carbocycles. The molecule has 0 amide bonds. The Balaban J connectivity index is 3.58. The van der Waals surface area contributed by atoms with Crippen LogP contribution in [0.3, 0.4) is 0 Å². The number of hydrogen-bond donors (Lipinski definition) is 1. The highest BCUT2D eigenvalue weighted by Gasteiger charge is 2.86. The second-order valence-corrected chi connectivity index (χ2v) is 4.99. The predicted molar refractivity (Wildman–Crippen MR) is 59.1 cm³/mol. The second-order valence-electron chi connectivity index (χ2n) is 4.51. The second kappa shape index (κ2) is 5.49. The zero-order chi connectivity index (χ0) is 19.4. The van der Waals surface area contributed by atoms with Gasteiger partial charge >= 0.3 is 29.1 Å². The number of hydrogen-bond acceptors (Lipinski definition) is 2. The monoisotopic (exact) mass is 394 g/mol. The molecule has 0 saturated heterocycles. The van der Waals surface area contributed by atoms with E-state index in [-0.39, 0.29) is 6.07 Å². The van der Waals surface area contributed by atoms with Crippen molar-refractivity contribution in [2.24, 2.45) is 0 Å². The molecule has 24 heavy (non-hydrogen) atoms.